The Morgan fingerprint density at radius 3 is 2.59 bits per heavy atom. The zero-order valence-electron chi connectivity index (χ0n) is 10.5. The van der Waals surface area contributed by atoms with Crippen LogP contribution in [0.25, 0.3) is 0 Å². The summed E-state index contributed by atoms with van der Waals surface area (Å²) in [5.74, 6) is 1.07. The van der Waals surface area contributed by atoms with Gasteiger partial charge in [0.1, 0.15) is 5.75 Å². The molecule has 92 valence electrons. The molecule has 2 rings (SSSR count). The normalized spacial score (nSPS) is 23.5. The Balaban J connectivity index is 1.91. The average molecular weight is 233 g/mol. The Hall–Kier alpha value is -1.51. The Labute approximate surface area is 102 Å². The molecule has 1 N–H and O–H groups in total. The smallest absolute Gasteiger partial charge is 0.220 e. The number of aryl methyl sites for hydroxylation is 1. The fraction of sp³-hybridized carbons (Fsp3) is 0.500. The van der Waals surface area contributed by atoms with Gasteiger partial charge in [0.05, 0.1) is 7.11 Å². The van der Waals surface area contributed by atoms with E-state index in [4.69, 9.17) is 4.74 Å². The van der Waals surface area contributed by atoms with E-state index in [0.717, 1.165) is 25.1 Å². The first-order chi connectivity index (χ1) is 8.11. The molecule has 0 bridgehead atoms. The van der Waals surface area contributed by atoms with Crippen molar-refractivity contribution in [3.63, 3.8) is 0 Å². The van der Waals surface area contributed by atoms with Gasteiger partial charge in [0.25, 0.3) is 0 Å². The molecule has 17 heavy (non-hydrogen) atoms. The van der Waals surface area contributed by atoms with Crippen LogP contribution in [-0.4, -0.2) is 19.6 Å². The van der Waals surface area contributed by atoms with Crippen LogP contribution in [0.5, 0.6) is 5.75 Å². The van der Waals surface area contributed by atoms with Crippen LogP contribution in [-0.2, 0) is 11.2 Å². The minimum Gasteiger partial charge on any atom is -0.497 e. The number of hydrogen-bond acceptors (Lipinski definition) is 2. The van der Waals surface area contributed by atoms with Gasteiger partial charge in [-0.3, -0.25) is 4.79 Å². The number of carbonyl (C=O) groups is 1. The molecule has 1 fully saturated rings. The van der Waals surface area contributed by atoms with Crippen LogP contribution in [0.4, 0.5) is 0 Å². The lowest BCUT2D eigenvalue weighted by Crippen LogP contribution is -2.21. The van der Waals surface area contributed by atoms with E-state index in [1.807, 2.05) is 12.1 Å². The van der Waals surface area contributed by atoms with Gasteiger partial charge in [-0.15, -0.1) is 0 Å². The van der Waals surface area contributed by atoms with Gasteiger partial charge in [0, 0.05) is 13.0 Å². The minimum atomic E-state index is 0.122. The lowest BCUT2D eigenvalue weighted by Gasteiger charge is -2.21. The van der Waals surface area contributed by atoms with E-state index in [0.29, 0.717) is 6.42 Å². The van der Waals surface area contributed by atoms with Crippen LogP contribution >= 0.6 is 0 Å². The number of benzene rings is 1. The first-order valence-corrected chi connectivity index (χ1v) is 6.01. The highest BCUT2D eigenvalue weighted by Gasteiger charge is 2.33. The maximum absolute atomic E-state index is 11.2. The van der Waals surface area contributed by atoms with E-state index in [-0.39, 0.29) is 11.3 Å². The molecule has 1 unspecified atom stereocenters. The lowest BCUT2D eigenvalue weighted by atomic mass is 9.83. The standard InChI is InChI=1S/C14H19NO2/c1-14(9-13(16)15-10-14)8-7-11-3-5-12(17-2)6-4-11/h3-6H,7-10H2,1-2H3,(H,15,16). The molecular formula is C14H19NO2. The van der Waals surface area contributed by atoms with Gasteiger partial charge in [0.2, 0.25) is 5.91 Å². The molecule has 0 saturated carbocycles. The predicted octanol–water partition coefficient (Wildman–Crippen LogP) is 2.15. The fourth-order valence-corrected chi connectivity index (χ4v) is 2.24. The van der Waals surface area contributed by atoms with E-state index < -0.39 is 0 Å². The molecule has 0 spiro atoms. The quantitative estimate of drug-likeness (QED) is 0.865. The largest absolute Gasteiger partial charge is 0.497 e. The highest BCUT2D eigenvalue weighted by Crippen LogP contribution is 2.31. The molecule has 1 amide bonds. The van der Waals surface area contributed by atoms with Crippen molar-refractivity contribution >= 4 is 5.91 Å². The lowest BCUT2D eigenvalue weighted by molar-refractivity contribution is -0.119. The third kappa shape index (κ3) is 2.99. The molecule has 1 aliphatic heterocycles. The van der Waals surface area contributed by atoms with Gasteiger partial charge >= 0.3 is 0 Å². The first kappa shape index (κ1) is 12.0. The van der Waals surface area contributed by atoms with Gasteiger partial charge in [0.15, 0.2) is 0 Å². The van der Waals surface area contributed by atoms with Crippen LogP contribution in [0.15, 0.2) is 24.3 Å². The number of rotatable bonds is 4. The minimum absolute atomic E-state index is 0.122. The molecule has 3 heteroatoms. The summed E-state index contributed by atoms with van der Waals surface area (Å²) in [7, 11) is 1.67. The van der Waals surface area contributed by atoms with Crippen molar-refractivity contribution < 1.29 is 9.53 Å². The van der Waals surface area contributed by atoms with Crippen molar-refractivity contribution in [2.75, 3.05) is 13.7 Å². The molecule has 0 aliphatic carbocycles. The van der Waals surface area contributed by atoms with Crippen molar-refractivity contribution in [1.82, 2.24) is 5.32 Å². The maximum Gasteiger partial charge on any atom is 0.220 e. The summed E-state index contributed by atoms with van der Waals surface area (Å²) in [5.41, 5.74) is 1.42. The Kier molecular flexibility index (Phi) is 3.36. The summed E-state index contributed by atoms with van der Waals surface area (Å²) in [5, 5.41) is 2.91. The van der Waals surface area contributed by atoms with Gasteiger partial charge < -0.3 is 10.1 Å². The highest BCUT2D eigenvalue weighted by atomic mass is 16.5. The van der Waals surface area contributed by atoms with Crippen LogP contribution in [0.2, 0.25) is 0 Å². The molecule has 1 heterocycles. The SMILES string of the molecule is COc1ccc(CCC2(C)CNC(=O)C2)cc1. The van der Waals surface area contributed by atoms with Gasteiger partial charge in [-0.05, 0) is 36.0 Å². The van der Waals surface area contributed by atoms with Crippen molar-refractivity contribution in [3.8, 4) is 5.75 Å². The van der Waals surface area contributed by atoms with Crippen molar-refractivity contribution in [1.29, 1.82) is 0 Å². The van der Waals surface area contributed by atoms with E-state index >= 15 is 0 Å². The van der Waals surface area contributed by atoms with E-state index in [2.05, 4.69) is 24.4 Å². The first-order valence-electron chi connectivity index (χ1n) is 6.01. The Morgan fingerprint density at radius 1 is 1.35 bits per heavy atom. The molecule has 1 aromatic rings. The Bertz CT molecular complexity index is 399. The summed E-state index contributed by atoms with van der Waals surface area (Å²) in [6, 6.07) is 8.14. The zero-order valence-corrected chi connectivity index (χ0v) is 10.5. The number of methoxy groups -OCH3 is 1. The fourth-order valence-electron chi connectivity index (χ4n) is 2.24. The van der Waals surface area contributed by atoms with Crippen LogP contribution in [0.3, 0.4) is 0 Å². The third-order valence-corrected chi connectivity index (χ3v) is 3.48. The number of ether oxygens (including phenoxy) is 1. The summed E-state index contributed by atoms with van der Waals surface area (Å²) in [6.07, 6.45) is 2.71. The molecule has 1 aliphatic rings. The molecule has 0 aromatic heterocycles. The predicted molar refractivity (Wildman–Crippen MR) is 67.0 cm³/mol. The van der Waals surface area contributed by atoms with Gasteiger partial charge in [-0.25, -0.2) is 0 Å². The Morgan fingerprint density at radius 2 is 2.06 bits per heavy atom. The van der Waals surface area contributed by atoms with E-state index in [9.17, 15) is 4.79 Å². The molecule has 1 saturated heterocycles. The molecule has 1 aromatic carbocycles. The average Bonchev–Trinajstić information content (AvgIpc) is 2.68. The maximum atomic E-state index is 11.2. The molecule has 0 radical (unpaired) electrons. The van der Waals surface area contributed by atoms with Crippen LogP contribution in [0.1, 0.15) is 25.3 Å². The second-order valence-electron chi connectivity index (χ2n) is 5.11. The molecule has 3 nitrogen and oxygen atoms in total. The van der Waals surface area contributed by atoms with Crippen molar-refractivity contribution in [3.05, 3.63) is 29.8 Å². The van der Waals surface area contributed by atoms with Gasteiger partial charge in [-0.2, -0.15) is 0 Å². The van der Waals surface area contributed by atoms with E-state index in [1.54, 1.807) is 7.11 Å². The number of amides is 1. The summed E-state index contributed by atoms with van der Waals surface area (Å²) < 4.78 is 5.13. The van der Waals surface area contributed by atoms with Crippen LogP contribution < -0.4 is 10.1 Å². The number of hydrogen-bond donors (Lipinski definition) is 1. The highest BCUT2D eigenvalue weighted by molar-refractivity contribution is 5.79. The molecular weight excluding hydrogens is 214 g/mol. The summed E-state index contributed by atoms with van der Waals surface area (Å²) >= 11 is 0. The van der Waals surface area contributed by atoms with E-state index in [1.165, 1.54) is 5.56 Å². The zero-order chi connectivity index (χ0) is 12.3. The second-order valence-corrected chi connectivity index (χ2v) is 5.11. The van der Waals surface area contributed by atoms with Crippen molar-refractivity contribution in [2.24, 2.45) is 5.41 Å². The monoisotopic (exact) mass is 233 g/mol. The second kappa shape index (κ2) is 4.78. The summed E-state index contributed by atoms with van der Waals surface area (Å²) in [4.78, 5) is 11.2. The number of carbonyl (C=O) groups excluding carboxylic acids is 1. The van der Waals surface area contributed by atoms with Crippen molar-refractivity contribution in [2.45, 2.75) is 26.2 Å². The van der Waals surface area contributed by atoms with Crippen LogP contribution in [0, 0.1) is 5.41 Å². The summed E-state index contributed by atoms with van der Waals surface area (Å²) in [6.45, 7) is 2.98. The topological polar surface area (TPSA) is 38.3 Å². The molecule has 1 atom stereocenters. The van der Waals surface area contributed by atoms with Gasteiger partial charge in [-0.1, -0.05) is 19.1 Å². The number of nitrogens with one attached hydrogen (secondary N) is 1. The third-order valence-electron chi connectivity index (χ3n) is 3.48.